The van der Waals surface area contributed by atoms with Crippen LogP contribution in [0.15, 0.2) is 29.4 Å². The number of piperidine rings is 1. The van der Waals surface area contributed by atoms with Crippen molar-refractivity contribution in [2.24, 2.45) is 0 Å². The maximum Gasteiger partial charge on any atom is 0.233 e. The zero-order valence-corrected chi connectivity index (χ0v) is 15.3. The first-order chi connectivity index (χ1) is 11.6. The van der Waals surface area contributed by atoms with Crippen molar-refractivity contribution in [1.82, 2.24) is 19.7 Å². The Hall–Kier alpha value is -1.82. The summed E-state index contributed by atoms with van der Waals surface area (Å²) in [6.45, 7) is 7.04. The highest BCUT2D eigenvalue weighted by molar-refractivity contribution is 7.99. The minimum absolute atomic E-state index is 0.198. The number of benzene rings is 1. The monoisotopic (exact) mass is 344 g/mol. The number of hydrogen-bond donors (Lipinski definition) is 0. The molecule has 2 heterocycles. The highest BCUT2D eigenvalue weighted by Gasteiger charge is 2.24. The summed E-state index contributed by atoms with van der Waals surface area (Å²) in [5.74, 6) is 1.45. The van der Waals surface area contributed by atoms with E-state index in [0.717, 1.165) is 36.1 Å². The van der Waals surface area contributed by atoms with Crippen LogP contribution in [0.2, 0.25) is 0 Å². The molecule has 0 N–H and O–H groups in total. The number of amides is 1. The third kappa shape index (κ3) is 3.48. The predicted octanol–water partition coefficient (Wildman–Crippen LogP) is 3.38. The fourth-order valence-corrected chi connectivity index (χ4v) is 4.08. The van der Waals surface area contributed by atoms with Crippen LogP contribution in [-0.2, 0) is 4.79 Å². The first-order valence-electron chi connectivity index (χ1n) is 8.48. The summed E-state index contributed by atoms with van der Waals surface area (Å²) in [6, 6.07) is 8.51. The first kappa shape index (κ1) is 17.0. The van der Waals surface area contributed by atoms with E-state index in [0.29, 0.717) is 11.8 Å². The van der Waals surface area contributed by atoms with E-state index in [9.17, 15) is 4.79 Å². The third-order valence-corrected chi connectivity index (χ3v) is 5.51. The summed E-state index contributed by atoms with van der Waals surface area (Å²) in [4.78, 5) is 14.6. The van der Waals surface area contributed by atoms with Gasteiger partial charge in [-0.2, -0.15) is 0 Å². The van der Waals surface area contributed by atoms with Crippen LogP contribution < -0.4 is 0 Å². The van der Waals surface area contributed by atoms with Gasteiger partial charge >= 0.3 is 0 Å². The van der Waals surface area contributed by atoms with E-state index in [1.54, 1.807) is 0 Å². The van der Waals surface area contributed by atoms with Crippen molar-refractivity contribution in [2.45, 2.75) is 51.2 Å². The van der Waals surface area contributed by atoms with Crippen molar-refractivity contribution in [3.05, 3.63) is 35.7 Å². The van der Waals surface area contributed by atoms with E-state index in [4.69, 9.17) is 0 Å². The molecule has 5 nitrogen and oxygen atoms in total. The molecule has 2 aromatic rings. The molecule has 0 saturated carbocycles. The molecule has 0 spiro atoms. The number of thioether (sulfide) groups is 1. The predicted molar refractivity (Wildman–Crippen MR) is 96.6 cm³/mol. The Labute approximate surface area is 147 Å². The Morgan fingerprint density at radius 3 is 2.79 bits per heavy atom. The van der Waals surface area contributed by atoms with Gasteiger partial charge in [0.25, 0.3) is 0 Å². The Morgan fingerprint density at radius 1 is 1.25 bits per heavy atom. The Kier molecular flexibility index (Phi) is 5.23. The first-order valence-corrected chi connectivity index (χ1v) is 9.47. The summed E-state index contributed by atoms with van der Waals surface area (Å²) in [7, 11) is 0. The number of carbonyl (C=O) groups is 1. The third-order valence-electron chi connectivity index (χ3n) is 4.60. The molecule has 1 fully saturated rings. The highest BCUT2D eigenvalue weighted by atomic mass is 32.2. The lowest BCUT2D eigenvalue weighted by atomic mass is 10.0. The molecule has 3 rings (SSSR count). The van der Waals surface area contributed by atoms with Crippen molar-refractivity contribution in [1.29, 1.82) is 0 Å². The lowest BCUT2D eigenvalue weighted by molar-refractivity contribution is -0.131. The van der Waals surface area contributed by atoms with Gasteiger partial charge in [0.2, 0.25) is 5.91 Å². The van der Waals surface area contributed by atoms with E-state index >= 15 is 0 Å². The lowest BCUT2D eigenvalue weighted by Gasteiger charge is -2.33. The molecular formula is C18H24N4OS. The van der Waals surface area contributed by atoms with Gasteiger partial charge in [-0.05, 0) is 51.7 Å². The van der Waals surface area contributed by atoms with Gasteiger partial charge in [-0.3, -0.25) is 9.36 Å². The maximum absolute atomic E-state index is 12.6. The maximum atomic E-state index is 12.6. The quantitative estimate of drug-likeness (QED) is 0.798. The normalized spacial score (nSPS) is 18.0. The van der Waals surface area contributed by atoms with Crippen LogP contribution in [-0.4, -0.2) is 43.9 Å². The van der Waals surface area contributed by atoms with E-state index in [1.165, 1.54) is 23.7 Å². The van der Waals surface area contributed by atoms with Gasteiger partial charge in [0.1, 0.15) is 5.82 Å². The number of aromatic nitrogens is 3. The molecule has 0 aliphatic carbocycles. The van der Waals surface area contributed by atoms with Crippen LogP contribution in [0.4, 0.5) is 0 Å². The number of nitrogens with zero attached hydrogens (tertiary/aromatic N) is 4. The zero-order chi connectivity index (χ0) is 17.1. The number of hydrogen-bond acceptors (Lipinski definition) is 4. The summed E-state index contributed by atoms with van der Waals surface area (Å²) in [6.07, 6.45) is 3.44. The van der Waals surface area contributed by atoms with Crippen molar-refractivity contribution in [3.8, 4) is 5.69 Å². The molecule has 0 radical (unpaired) electrons. The van der Waals surface area contributed by atoms with Crippen LogP contribution >= 0.6 is 11.8 Å². The minimum Gasteiger partial charge on any atom is -0.339 e. The molecule has 1 aromatic heterocycles. The molecule has 1 atom stereocenters. The average Bonchev–Trinajstić information content (AvgIpc) is 2.94. The fraction of sp³-hybridized carbons (Fsp3) is 0.500. The smallest absolute Gasteiger partial charge is 0.233 e. The number of likely N-dealkylation sites (tertiary alicyclic amines) is 1. The van der Waals surface area contributed by atoms with E-state index in [1.807, 2.05) is 28.5 Å². The van der Waals surface area contributed by atoms with Gasteiger partial charge < -0.3 is 4.90 Å². The summed E-state index contributed by atoms with van der Waals surface area (Å²) < 4.78 is 2.03. The Balaban J connectivity index is 1.75. The Bertz CT molecular complexity index is 728. The van der Waals surface area contributed by atoms with Gasteiger partial charge in [0, 0.05) is 12.6 Å². The summed E-state index contributed by atoms with van der Waals surface area (Å²) in [5, 5.41) is 9.26. The minimum atomic E-state index is 0.198. The molecule has 1 aromatic carbocycles. The van der Waals surface area contributed by atoms with Gasteiger partial charge in [-0.25, -0.2) is 0 Å². The molecule has 6 heteroatoms. The number of para-hydroxylation sites is 1. The standard InChI is InChI=1S/C18H24N4OS/c1-13-8-4-5-10-16(13)22-15(3)19-20-18(22)24-12-17(23)21-11-7-6-9-14(21)2/h4-5,8,10,14H,6-7,9,11-12H2,1-3H3. The Morgan fingerprint density at radius 2 is 2.04 bits per heavy atom. The van der Waals surface area contributed by atoms with Gasteiger partial charge in [0.15, 0.2) is 5.16 Å². The highest BCUT2D eigenvalue weighted by Crippen LogP contribution is 2.25. The molecule has 24 heavy (non-hydrogen) atoms. The van der Waals surface area contributed by atoms with Crippen molar-refractivity contribution >= 4 is 17.7 Å². The average molecular weight is 344 g/mol. The topological polar surface area (TPSA) is 51.0 Å². The molecule has 1 aliphatic rings. The van der Waals surface area contributed by atoms with Crippen LogP contribution in [0.1, 0.15) is 37.6 Å². The van der Waals surface area contributed by atoms with E-state index in [-0.39, 0.29) is 5.91 Å². The van der Waals surface area contributed by atoms with Crippen LogP contribution in [0.25, 0.3) is 5.69 Å². The molecule has 1 unspecified atom stereocenters. The van der Waals surface area contributed by atoms with Gasteiger partial charge in [0.05, 0.1) is 11.4 Å². The van der Waals surface area contributed by atoms with Gasteiger partial charge in [-0.15, -0.1) is 10.2 Å². The van der Waals surface area contributed by atoms with E-state index < -0.39 is 0 Å². The van der Waals surface area contributed by atoms with Crippen molar-refractivity contribution in [2.75, 3.05) is 12.3 Å². The fourth-order valence-electron chi connectivity index (χ4n) is 3.21. The second-order valence-electron chi connectivity index (χ2n) is 6.37. The number of rotatable bonds is 4. The number of carbonyl (C=O) groups excluding carboxylic acids is 1. The van der Waals surface area contributed by atoms with Crippen LogP contribution in [0.3, 0.4) is 0 Å². The molecular weight excluding hydrogens is 320 g/mol. The second-order valence-corrected chi connectivity index (χ2v) is 7.31. The largest absolute Gasteiger partial charge is 0.339 e. The molecule has 128 valence electrons. The summed E-state index contributed by atoms with van der Waals surface area (Å²) >= 11 is 1.47. The summed E-state index contributed by atoms with van der Waals surface area (Å²) in [5.41, 5.74) is 2.24. The van der Waals surface area contributed by atoms with Crippen LogP contribution in [0, 0.1) is 13.8 Å². The molecule has 1 aliphatic heterocycles. The molecule has 0 bridgehead atoms. The molecule has 1 saturated heterocycles. The second kappa shape index (κ2) is 7.38. The van der Waals surface area contributed by atoms with Crippen molar-refractivity contribution < 1.29 is 4.79 Å². The zero-order valence-electron chi connectivity index (χ0n) is 14.5. The SMILES string of the molecule is Cc1ccccc1-n1c(C)nnc1SCC(=O)N1CCCCC1C. The van der Waals surface area contributed by atoms with Crippen LogP contribution in [0.5, 0.6) is 0 Å². The van der Waals surface area contributed by atoms with E-state index in [2.05, 4.69) is 36.2 Å². The van der Waals surface area contributed by atoms with Gasteiger partial charge in [-0.1, -0.05) is 30.0 Å². The molecule has 1 amide bonds. The number of aryl methyl sites for hydroxylation is 2. The van der Waals surface area contributed by atoms with Crippen molar-refractivity contribution in [3.63, 3.8) is 0 Å². The lowest BCUT2D eigenvalue weighted by Crippen LogP contribution is -2.42.